The van der Waals surface area contributed by atoms with Gasteiger partial charge in [-0.25, -0.2) is 4.79 Å². The van der Waals surface area contributed by atoms with Gasteiger partial charge in [-0.15, -0.1) is 0 Å². The van der Waals surface area contributed by atoms with E-state index in [1.807, 2.05) is 22.9 Å². The van der Waals surface area contributed by atoms with Gasteiger partial charge in [0.05, 0.1) is 6.04 Å². The zero-order valence-corrected chi connectivity index (χ0v) is 20.7. The topological polar surface area (TPSA) is 84.4 Å². The molecule has 1 saturated heterocycles. The molecule has 0 spiro atoms. The van der Waals surface area contributed by atoms with Crippen molar-refractivity contribution >= 4 is 23.6 Å². The van der Waals surface area contributed by atoms with E-state index >= 15 is 0 Å². The molecular weight excluding hydrogens is 432 g/mol. The lowest BCUT2D eigenvalue weighted by Gasteiger charge is -2.34. The molecule has 0 aromatic heterocycles. The zero-order chi connectivity index (χ0) is 24.4. The number of carbonyl (C=O) groups excluding carboxylic acids is 2. The van der Waals surface area contributed by atoms with Crippen LogP contribution >= 0.6 is 0 Å². The second-order valence-electron chi connectivity index (χ2n) is 10.4. The number of likely N-dealkylation sites (N-methyl/N-ethyl adjacent to an activating group) is 2. The number of urea groups is 1. The summed E-state index contributed by atoms with van der Waals surface area (Å²) in [7, 11) is 5.62. The minimum atomic E-state index is -0.722. The van der Waals surface area contributed by atoms with Crippen LogP contribution in [0.5, 0.6) is 0 Å². The number of benzene rings is 1. The molecule has 2 heterocycles. The molecule has 8 heteroatoms. The van der Waals surface area contributed by atoms with Gasteiger partial charge in [0.15, 0.2) is 0 Å². The maximum absolute atomic E-state index is 13.3. The second-order valence-corrected chi connectivity index (χ2v) is 10.4. The van der Waals surface area contributed by atoms with Crippen molar-refractivity contribution in [2.75, 3.05) is 45.7 Å². The number of amides is 3. The summed E-state index contributed by atoms with van der Waals surface area (Å²) >= 11 is 0. The molecular formula is C26H38N4O4. The fraction of sp³-hybridized carbons (Fsp3) is 0.654. The maximum Gasteiger partial charge on any atom is 0.324 e. The predicted molar refractivity (Wildman–Crippen MR) is 131 cm³/mol. The van der Waals surface area contributed by atoms with Gasteiger partial charge in [-0.05, 0) is 81.2 Å². The summed E-state index contributed by atoms with van der Waals surface area (Å²) in [4.78, 5) is 44.6. The van der Waals surface area contributed by atoms with Crippen LogP contribution < -0.4 is 4.90 Å². The number of anilines is 1. The van der Waals surface area contributed by atoms with Gasteiger partial charge in [-0.2, -0.15) is 0 Å². The summed E-state index contributed by atoms with van der Waals surface area (Å²) in [5.41, 5.74) is 3.36. The third-order valence-electron chi connectivity index (χ3n) is 7.97. The Morgan fingerprint density at radius 1 is 1.06 bits per heavy atom. The first-order valence-corrected chi connectivity index (χ1v) is 12.6. The number of rotatable bonds is 6. The molecule has 1 aliphatic carbocycles. The molecule has 2 aliphatic heterocycles. The second kappa shape index (κ2) is 10.3. The van der Waals surface area contributed by atoms with Crippen molar-refractivity contribution in [2.45, 2.75) is 63.5 Å². The Morgan fingerprint density at radius 2 is 1.79 bits per heavy atom. The van der Waals surface area contributed by atoms with Crippen LogP contribution in [0.1, 0.15) is 49.7 Å². The monoisotopic (exact) mass is 470 g/mol. The average Bonchev–Trinajstić information content (AvgIpc) is 3.12. The molecule has 34 heavy (non-hydrogen) atoms. The van der Waals surface area contributed by atoms with Crippen LogP contribution in [0.2, 0.25) is 0 Å². The quantitative estimate of drug-likeness (QED) is 0.691. The average molecular weight is 471 g/mol. The summed E-state index contributed by atoms with van der Waals surface area (Å²) in [5.74, 6) is -0.130. The summed E-state index contributed by atoms with van der Waals surface area (Å²) in [6.07, 6.45) is 6.46. The number of carbonyl (C=O) groups is 3. The van der Waals surface area contributed by atoms with Crippen molar-refractivity contribution < 1.29 is 19.5 Å². The van der Waals surface area contributed by atoms with Crippen molar-refractivity contribution in [1.29, 1.82) is 0 Å². The highest BCUT2D eigenvalue weighted by atomic mass is 16.4. The molecule has 0 bridgehead atoms. The van der Waals surface area contributed by atoms with Gasteiger partial charge in [0.25, 0.3) is 0 Å². The Bertz CT molecular complexity index is 925. The fourth-order valence-electron chi connectivity index (χ4n) is 5.81. The number of hydrogen-bond donors (Lipinski definition) is 1. The van der Waals surface area contributed by atoms with Gasteiger partial charge in [0.2, 0.25) is 5.91 Å². The highest BCUT2D eigenvalue weighted by Crippen LogP contribution is 2.34. The van der Waals surface area contributed by atoms with Crippen molar-refractivity contribution in [2.24, 2.45) is 5.92 Å². The van der Waals surface area contributed by atoms with Gasteiger partial charge in [0.1, 0.15) is 0 Å². The van der Waals surface area contributed by atoms with Crippen molar-refractivity contribution in [1.82, 2.24) is 14.7 Å². The molecule has 0 radical (unpaired) electrons. The Kier molecular flexibility index (Phi) is 7.45. The van der Waals surface area contributed by atoms with Crippen LogP contribution in [-0.2, 0) is 22.4 Å². The number of hydrogen-bond acceptors (Lipinski definition) is 4. The molecule has 1 saturated carbocycles. The summed E-state index contributed by atoms with van der Waals surface area (Å²) in [5, 5.41) is 8.92. The van der Waals surface area contributed by atoms with Gasteiger partial charge >= 0.3 is 12.0 Å². The van der Waals surface area contributed by atoms with Crippen LogP contribution in [0.15, 0.2) is 18.2 Å². The zero-order valence-electron chi connectivity index (χ0n) is 20.7. The summed E-state index contributed by atoms with van der Waals surface area (Å²) in [6.45, 7) is 2.24. The van der Waals surface area contributed by atoms with Crippen molar-refractivity contribution in [3.8, 4) is 0 Å². The molecule has 8 nitrogen and oxygen atoms in total. The third kappa shape index (κ3) is 5.22. The van der Waals surface area contributed by atoms with E-state index in [1.165, 1.54) is 11.1 Å². The van der Waals surface area contributed by atoms with Gasteiger partial charge in [-0.1, -0.05) is 6.07 Å². The minimum absolute atomic E-state index is 0.0836. The van der Waals surface area contributed by atoms with E-state index in [1.54, 1.807) is 19.0 Å². The predicted octanol–water partition coefficient (Wildman–Crippen LogP) is 2.84. The van der Waals surface area contributed by atoms with Crippen LogP contribution in [-0.4, -0.2) is 90.6 Å². The number of carboxylic acid groups (broad SMARTS) is 1. The Morgan fingerprint density at radius 3 is 2.47 bits per heavy atom. The lowest BCUT2D eigenvalue weighted by Crippen LogP contribution is -2.45. The number of carboxylic acids is 1. The van der Waals surface area contributed by atoms with E-state index in [4.69, 9.17) is 5.11 Å². The SMILES string of the molecule is CN(C)C(=O)C1Cc2ccc(N3CCN(C4CCC(CCC(=O)O)CC4)C3=O)cc2CCN1C. The molecule has 1 aromatic carbocycles. The first-order valence-electron chi connectivity index (χ1n) is 12.6. The van der Waals surface area contributed by atoms with Gasteiger partial charge in [0, 0.05) is 51.9 Å². The van der Waals surface area contributed by atoms with Crippen LogP contribution in [0.3, 0.4) is 0 Å². The molecule has 1 unspecified atom stereocenters. The maximum atomic E-state index is 13.3. The molecule has 3 aliphatic rings. The Hall–Kier alpha value is -2.61. The van der Waals surface area contributed by atoms with Gasteiger partial charge < -0.3 is 14.9 Å². The molecule has 186 valence electrons. The third-order valence-corrected chi connectivity index (χ3v) is 7.97. The first kappa shape index (κ1) is 24.5. The molecule has 1 atom stereocenters. The van der Waals surface area contributed by atoms with E-state index in [2.05, 4.69) is 17.0 Å². The lowest BCUT2D eigenvalue weighted by atomic mass is 9.83. The largest absolute Gasteiger partial charge is 0.481 e. The Labute approximate surface area is 202 Å². The van der Waals surface area contributed by atoms with E-state index in [0.717, 1.165) is 57.3 Å². The summed E-state index contributed by atoms with van der Waals surface area (Å²) in [6, 6.07) is 6.47. The highest BCUT2D eigenvalue weighted by molar-refractivity contribution is 5.94. The van der Waals surface area contributed by atoms with E-state index in [9.17, 15) is 14.4 Å². The van der Waals surface area contributed by atoms with Crippen LogP contribution in [0.4, 0.5) is 10.5 Å². The molecule has 4 rings (SSSR count). The Balaban J connectivity index is 1.40. The van der Waals surface area contributed by atoms with Crippen LogP contribution in [0, 0.1) is 5.92 Å². The van der Waals surface area contributed by atoms with Gasteiger partial charge in [-0.3, -0.25) is 19.4 Å². The molecule has 1 N–H and O–H groups in total. The number of aliphatic carboxylic acids is 1. The normalized spacial score (nSPS) is 25.7. The van der Waals surface area contributed by atoms with E-state index in [-0.39, 0.29) is 30.4 Å². The standard InChI is InChI=1S/C26H38N4O4/c1-27(2)25(33)23-17-19-7-10-22(16-20(19)12-13-28(23)3)30-15-14-29(26(30)34)21-8-4-18(5-9-21)6-11-24(31)32/h7,10,16,18,21,23H,4-6,8-9,11-15,17H2,1-3H3,(H,31,32). The van der Waals surface area contributed by atoms with Crippen LogP contribution in [0.25, 0.3) is 0 Å². The molecule has 2 fully saturated rings. The fourth-order valence-corrected chi connectivity index (χ4v) is 5.81. The highest BCUT2D eigenvalue weighted by Gasteiger charge is 2.37. The number of nitrogens with zero attached hydrogens (tertiary/aromatic N) is 4. The smallest absolute Gasteiger partial charge is 0.324 e. The summed E-state index contributed by atoms with van der Waals surface area (Å²) < 4.78 is 0. The molecule has 3 amide bonds. The minimum Gasteiger partial charge on any atom is -0.481 e. The van der Waals surface area contributed by atoms with Crippen molar-refractivity contribution in [3.63, 3.8) is 0 Å². The lowest BCUT2D eigenvalue weighted by molar-refractivity contribution is -0.137. The van der Waals surface area contributed by atoms with E-state index < -0.39 is 5.97 Å². The first-order chi connectivity index (χ1) is 16.2. The van der Waals surface area contributed by atoms with Crippen molar-refractivity contribution in [3.05, 3.63) is 29.3 Å². The number of fused-ring (bicyclic) bond motifs is 1. The molecule has 1 aromatic rings. The van der Waals surface area contributed by atoms with E-state index in [0.29, 0.717) is 18.9 Å².